The van der Waals surface area contributed by atoms with Crippen LogP contribution in [0.1, 0.15) is 20.8 Å². The van der Waals surface area contributed by atoms with Crippen molar-refractivity contribution in [1.82, 2.24) is 15.8 Å². The third-order valence-corrected chi connectivity index (χ3v) is 1.73. The number of carboxylic acid groups (broad SMARTS) is 1. The van der Waals surface area contributed by atoms with Crippen molar-refractivity contribution in [2.75, 3.05) is 19.6 Å². The first-order chi connectivity index (χ1) is 7.81. The molecule has 0 rings (SSSR count). The maximum atomic E-state index is 11.4. The van der Waals surface area contributed by atoms with E-state index < -0.39 is 11.9 Å². The van der Waals surface area contributed by atoms with Crippen LogP contribution in [0.15, 0.2) is 0 Å². The molecule has 7 heteroatoms. The Hall–Kier alpha value is -1.63. The zero-order valence-corrected chi connectivity index (χ0v) is 10.3. The third kappa shape index (κ3) is 9.31. The predicted octanol–water partition coefficient (Wildman–Crippen LogP) is -0.804. The predicted molar refractivity (Wildman–Crippen MR) is 60.9 cm³/mol. The second-order valence-electron chi connectivity index (χ2n) is 4.19. The molecule has 3 N–H and O–H groups in total. The van der Waals surface area contributed by atoms with Crippen molar-refractivity contribution in [3.05, 3.63) is 0 Å². The van der Waals surface area contributed by atoms with E-state index in [9.17, 15) is 14.4 Å². The van der Waals surface area contributed by atoms with Crippen molar-refractivity contribution in [3.8, 4) is 0 Å². The highest BCUT2D eigenvalue weighted by Crippen LogP contribution is 1.97. The molecule has 0 aromatic heterocycles. The van der Waals surface area contributed by atoms with Gasteiger partial charge in [-0.3, -0.25) is 30.1 Å². The molecule has 17 heavy (non-hydrogen) atoms. The topological polar surface area (TPSA) is 98.7 Å². The quantitative estimate of drug-likeness (QED) is 0.532. The van der Waals surface area contributed by atoms with Crippen LogP contribution in [0.5, 0.6) is 0 Å². The monoisotopic (exact) mass is 245 g/mol. The highest BCUT2D eigenvalue weighted by molar-refractivity contribution is 5.82. The SMILES string of the molecule is CC(=O)NNC(=O)CN(CC(=O)O)CC(C)C. The van der Waals surface area contributed by atoms with E-state index in [4.69, 9.17) is 5.11 Å². The fourth-order valence-corrected chi connectivity index (χ4v) is 1.29. The van der Waals surface area contributed by atoms with Crippen molar-refractivity contribution in [3.63, 3.8) is 0 Å². The first kappa shape index (κ1) is 15.4. The van der Waals surface area contributed by atoms with Gasteiger partial charge in [-0.1, -0.05) is 13.8 Å². The van der Waals surface area contributed by atoms with Crippen LogP contribution in [-0.4, -0.2) is 47.4 Å². The number of carboxylic acids is 1. The zero-order chi connectivity index (χ0) is 13.4. The first-order valence-electron chi connectivity index (χ1n) is 5.30. The van der Waals surface area contributed by atoms with Crippen molar-refractivity contribution in [2.24, 2.45) is 5.92 Å². The van der Waals surface area contributed by atoms with Gasteiger partial charge >= 0.3 is 5.97 Å². The minimum Gasteiger partial charge on any atom is -0.480 e. The number of rotatable bonds is 6. The molecule has 2 amide bonds. The molecule has 0 spiro atoms. The van der Waals surface area contributed by atoms with E-state index >= 15 is 0 Å². The van der Waals surface area contributed by atoms with Crippen LogP contribution in [0.2, 0.25) is 0 Å². The lowest BCUT2D eigenvalue weighted by Gasteiger charge is -2.21. The van der Waals surface area contributed by atoms with Gasteiger partial charge in [0.05, 0.1) is 13.1 Å². The van der Waals surface area contributed by atoms with E-state index in [1.54, 1.807) is 0 Å². The smallest absolute Gasteiger partial charge is 0.317 e. The Morgan fingerprint density at radius 1 is 1.18 bits per heavy atom. The maximum absolute atomic E-state index is 11.4. The molecule has 0 saturated carbocycles. The number of nitrogens with zero attached hydrogens (tertiary/aromatic N) is 1. The zero-order valence-electron chi connectivity index (χ0n) is 10.3. The molecule has 0 aromatic rings. The summed E-state index contributed by atoms with van der Waals surface area (Å²) in [6.07, 6.45) is 0. The number of amides is 2. The number of hydrogen-bond acceptors (Lipinski definition) is 4. The average molecular weight is 245 g/mol. The Labute approximate surface area is 100 Å². The molecule has 0 atom stereocenters. The second kappa shape index (κ2) is 7.61. The molecule has 98 valence electrons. The summed E-state index contributed by atoms with van der Waals surface area (Å²) in [5, 5.41) is 8.68. The number of nitrogens with one attached hydrogen (secondary N) is 2. The lowest BCUT2D eigenvalue weighted by atomic mass is 10.2. The average Bonchev–Trinajstić information content (AvgIpc) is 2.12. The molecule has 7 nitrogen and oxygen atoms in total. The van der Waals surface area contributed by atoms with Gasteiger partial charge in [0.2, 0.25) is 5.91 Å². The number of carbonyl (C=O) groups excluding carboxylic acids is 2. The molecule has 0 heterocycles. The molecular formula is C10H19N3O4. The largest absolute Gasteiger partial charge is 0.480 e. The van der Waals surface area contributed by atoms with Crippen molar-refractivity contribution >= 4 is 17.8 Å². The lowest BCUT2D eigenvalue weighted by molar-refractivity contribution is -0.139. The first-order valence-corrected chi connectivity index (χ1v) is 5.30. The fourth-order valence-electron chi connectivity index (χ4n) is 1.29. The summed E-state index contributed by atoms with van der Waals surface area (Å²) in [4.78, 5) is 34.0. The number of hydrogen-bond donors (Lipinski definition) is 3. The Morgan fingerprint density at radius 3 is 2.18 bits per heavy atom. The molecule has 0 aromatic carbocycles. The van der Waals surface area contributed by atoms with E-state index in [-0.39, 0.29) is 24.9 Å². The Morgan fingerprint density at radius 2 is 1.76 bits per heavy atom. The summed E-state index contributed by atoms with van der Waals surface area (Å²) in [5.74, 6) is -1.56. The molecule has 0 aliphatic heterocycles. The standard InChI is InChI=1S/C10H19N3O4/c1-7(2)4-13(6-10(16)17)5-9(15)12-11-8(3)14/h7H,4-6H2,1-3H3,(H,11,14)(H,12,15)(H,16,17). The van der Waals surface area contributed by atoms with Gasteiger partial charge in [0.1, 0.15) is 0 Å². The van der Waals surface area contributed by atoms with Gasteiger partial charge in [-0.25, -0.2) is 0 Å². The lowest BCUT2D eigenvalue weighted by Crippen LogP contribution is -2.47. The minimum absolute atomic E-state index is 0.0647. The van der Waals surface area contributed by atoms with E-state index in [0.29, 0.717) is 6.54 Å². The molecule has 0 aliphatic carbocycles. The summed E-state index contributed by atoms with van der Waals surface area (Å²) in [5.41, 5.74) is 4.33. The van der Waals surface area contributed by atoms with Gasteiger partial charge in [0, 0.05) is 13.5 Å². The molecule has 0 radical (unpaired) electrons. The molecular weight excluding hydrogens is 226 g/mol. The summed E-state index contributed by atoms with van der Waals surface area (Å²) in [7, 11) is 0. The normalized spacial score (nSPS) is 10.4. The van der Waals surface area contributed by atoms with Crippen LogP contribution in [0.4, 0.5) is 0 Å². The molecule has 0 bridgehead atoms. The van der Waals surface area contributed by atoms with Gasteiger partial charge in [-0.2, -0.15) is 0 Å². The van der Waals surface area contributed by atoms with Gasteiger partial charge in [-0.05, 0) is 5.92 Å². The van der Waals surface area contributed by atoms with Gasteiger partial charge in [-0.15, -0.1) is 0 Å². The Kier molecular flexibility index (Phi) is 6.88. The fraction of sp³-hybridized carbons (Fsp3) is 0.700. The highest BCUT2D eigenvalue weighted by Gasteiger charge is 2.15. The third-order valence-electron chi connectivity index (χ3n) is 1.73. The van der Waals surface area contributed by atoms with E-state index in [2.05, 4.69) is 10.9 Å². The van der Waals surface area contributed by atoms with E-state index in [1.807, 2.05) is 13.8 Å². The van der Waals surface area contributed by atoms with Crippen LogP contribution in [0.3, 0.4) is 0 Å². The maximum Gasteiger partial charge on any atom is 0.317 e. The van der Waals surface area contributed by atoms with Gasteiger partial charge in [0.25, 0.3) is 5.91 Å². The highest BCUT2D eigenvalue weighted by atomic mass is 16.4. The molecule has 0 unspecified atom stereocenters. The molecule has 0 saturated heterocycles. The summed E-state index contributed by atoms with van der Waals surface area (Å²) in [6.45, 7) is 5.36. The van der Waals surface area contributed by atoms with Crippen molar-refractivity contribution in [1.29, 1.82) is 0 Å². The summed E-state index contributed by atoms with van der Waals surface area (Å²) >= 11 is 0. The Balaban J connectivity index is 4.16. The van der Waals surface area contributed by atoms with Gasteiger partial charge < -0.3 is 5.11 Å². The van der Waals surface area contributed by atoms with Crippen LogP contribution in [0.25, 0.3) is 0 Å². The summed E-state index contributed by atoms with van der Waals surface area (Å²) < 4.78 is 0. The van der Waals surface area contributed by atoms with Gasteiger partial charge in [0.15, 0.2) is 0 Å². The molecule has 0 aliphatic rings. The summed E-state index contributed by atoms with van der Waals surface area (Å²) in [6, 6.07) is 0. The number of aliphatic carboxylic acids is 1. The van der Waals surface area contributed by atoms with E-state index in [0.717, 1.165) is 0 Å². The van der Waals surface area contributed by atoms with Crippen LogP contribution in [-0.2, 0) is 14.4 Å². The van der Waals surface area contributed by atoms with Crippen LogP contribution in [0, 0.1) is 5.92 Å². The van der Waals surface area contributed by atoms with Crippen LogP contribution >= 0.6 is 0 Å². The Bertz CT molecular complexity index is 291. The second-order valence-corrected chi connectivity index (χ2v) is 4.19. The number of carbonyl (C=O) groups is 3. The van der Waals surface area contributed by atoms with Crippen molar-refractivity contribution < 1.29 is 19.5 Å². The minimum atomic E-state index is -0.988. The molecule has 0 fully saturated rings. The van der Waals surface area contributed by atoms with E-state index in [1.165, 1.54) is 11.8 Å². The number of hydrazine groups is 1. The van der Waals surface area contributed by atoms with Crippen LogP contribution < -0.4 is 10.9 Å². The van der Waals surface area contributed by atoms with Crippen molar-refractivity contribution in [2.45, 2.75) is 20.8 Å².